The van der Waals surface area contributed by atoms with E-state index in [-0.39, 0.29) is 5.69 Å². The summed E-state index contributed by atoms with van der Waals surface area (Å²) in [4.78, 5) is 14.0. The second kappa shape index (κ2) is 5.81. The fraction of sp³-hybridized carbons (Fsp3) is 0.154. The molecule has 0 aliphatic rings. The van der Waals surface area contributed by atoms with Gasteiger partial charge >= 0.3 is 0 Å². The number of hydrogen-bond donors (Lipinski definition) is 1. The van der Waals surface area contributed by atoms with E-state index in [4.69, 9.17) is 4.74 Å². The molecule has 0 aliphatic heterocycles. The minimum atomic E-state index is -0.479. The normalized spacial score (nSPS) is 9.95. The molecule has 98 valence electrons. The van der Waals surface area contributed by atoms with Gasteiger partial charge in [-0.3, -0.25) is 10.1 Å². The van der Waals surface area contributed by atoms with Gasteiger partial charge in [-0.15, -0.1) is 0 Å². The Morgan fingerprint density at radius 1 is 1.26 bits per heavy atom. The van der Waals surface area contributed by atoms with Crippen molar-refractivity contribution in [3.8, 4) is 5.75 Å². The maximum Gasteiger partial charge on any atom is 0.287 e. The molecule has 0 fully saturated rings. The molecule has 0 saturated heterocycles. The quantitative estimate of drug-likeness (QED) is 0.659. The zero-order valence-corrected chi connectivity index (χ0v) is 10.4. The van der Waals surface area contributed by atoms with Crippen LogP contribution in [0.2, 0.25) is 0 Å². The molecule has 6 nitrogen and oxygen atoms in total. The van der Waals surface area contributed by atoms with Crippen LogP contribution in [0.3, 0.4) is 0 Å². The SMILES string of the molecule is CCOc1ccc(Nc2ccc([N+](=O)[O-])cn2)cc1. The largest absolute Gasteiger partial charge is 0.494 e. The molecule has 1 aromatic heterocycles. The molecule has 0 spiro atoms. The number of pyridine rings is 1. The minimum Gasteiger partial charge on any atom is -0.494 e. The first kappa shape index (κ1) is 12.8. The number of rotatable bonds is 5. The monoisotopic (exact) mass is 259 g/mol. The molecule has 0 radical (unpaired) electrons. The zero-order chi connectivity index (χ0) is 13.7. The van der Waals surface area contributed by atoms with Crippen LogP contribution in [0.4, 0.5) is 17.2 Å². The predicted molar refractivity (Wildman–Crippen MR) is 71.8 cm³/mol. The lowest BCUT2D eigenvalue weighted by atomic mass is 10.3. The summed E-state index contributed by atoms with van der Waals surface area (Å²) in [6.45, 7) is 2.55. The lowest BCUT2D eigenvalue weighted by Crippen LogP contribution is -1.95. The van der Waals surface area contributed by atoms with Crippen LogP contribution in [0.1, 0.15) is 6.92 Å². The van der Waals surface area contributed by atoms with E-state index >= 15 is 0 Å². The Morgan fingerprint density at radius 3 is 2.53 bits per heavy atom. The van der Waals surface area contributed by atoms with Crippen LogP contribution in [0.25, 0.3) is 0 Å². The van der Waals surface area contributed by atoms with Crippen LogP contribution in [0.15, 0.2) is 42.6 Å². The van der Waals surface area contributed by atoms with E-state index in [0.717, 1.165) is 11.4 Å². The van der Waals surface area contributed by atoms with Crippen LogP contribution in [-0.2, 0) is 0 Å². The number of benzene rings is 1. The molecule has 6 heteroatoms. The molecule has 0 aliphatic carbocycles. The fourth-order valence-corrected chi connectivity index (χ4v) is 1.52. The van der Waals surface area contributed by atoms with Crippen molar-refractivity contribution >= 4 is 17.2 Å². The second-order valence-electron chi connectivity index (χ2n) is 3.74. The van der Waals surface area contributed by atoms with Gasteiger partial charge in [0.05, 0.1) is 11.5 Å². The van der Waals surface area contributed by atoms with E-state index in [0.29, 0.717) is 12.4 Å². The van der Waals surface area contributed by atoms with Crippen LogP contribution in [0.5, 0.6) is 5.75 Å². The van der Waals surface area contributed by atoms with Crippen molar-refractivity contribution in [3.63, 3.8) is 0 Å². The minimum absolute atomic E-state index is 0.0303. The highest BCUT2D eigenvalue weighted by Gasteiger charge is 2.05. The maximum absolute atomic E-state index is 10.5. The smallest absolute Gasteiger partial charge is 0.287 e. The summed E-state index contributed by atoms with van der Waals surface area (Å²) < 4.78 is 5.33. The lowest BCUT2D eigenvalue weighted by Gasteiger charge is -2.07. The number of nitrogens with zero attached hydrogens (tertiary/aromatic N) is 2. The number of aromatic nitrogens is 1. The Hall–Kier alpha value is -2.63. The Kier molecular flexibility index (Phi) is 3.92. The van der Waals surface area contributed by atoms with Gasteiger partial charge in [0, 0.05) is 11.8 Å². The molecule has 0 amide bonds. The van der Waals surface area contributed by atoms with Crippen LogP contribution in [0, 0.1) is 10.1 Å². The second-order valence-corrected chi connectivity index (χ2v) is 3.74. The molecule has 19 heavy (non-hydrogen) atoms. The van der Waals surface area contributed by atoms with Gasteiger partial charge in [-0.25, -0.2) is 4.98 Å². The van der Waals surface area contributed by atoms with Crippen LogP contribution >= 0.6 is 0 Å². The molecule has 0 unspecified atom stereocenters. The van der Waals surface area contributed by atoms with Gasteiger partial charge in [-0.2, -0.15) is 0 Å². The number of ether oxygens (including phenoxy) is 1. The van der Waals surface area contributed by atoms with Gasteiger partial charge in [-0.05, 0) is 37.3 Å². The molecule has 2 rings (SSSR count). The molecule has 2 aromatic rings. The topological polar surface area (TPSA) is 77.3 Å². The molecule has 1 N–H and O–H groups in total. The van der Waals surface area contributed by atoms with Crippen molar-refractivity contribution < 1.29 is 9.66 Å². The Bertz CT molecular complexity index is 552. The average molecular weight is 259 g/mol. The van der Waals surface area contributed by atoms with Crippen molar-refractivity contribution in [3.05, 3.63) is 52.7 Å². The van der Waals surface area contributed by atoms with Gasteiger partial charge in [0.25, 0.3) is 5.69 Å². The standard InChI is InChI=1S/C13H13N3O3/c1-2-19-12-6-3-10(4-7-12)15-13-8-5-11(9-14-13)16(17)18/h3-9H,2H2,1H3,(H,14,15). The van der Waals surface area contributed by atoms with Crippen molar-refractivity contribution in [2.75, 3.05) is 11.9 Å². The highest BCUT2D eigenvalue weighted by atomic mass is 16.6. The van der Waals surface area contributed by atoms with E-state index < -0.39 is 4.92 Å². The number of hydrogen-bond acceptors (Lipinski definition) is 5. The molecule has 0 saturated carbocycles. The van der Waals surface area contributed by atoms with E-state index in [1.54, 1.807) is 6.07 Å². The number of anilines is 2. The first-order valence-electron chi connectivity index (χ1n) is 5.79. The van der Waals surface area contributed by atoms with Gasteiger partial charge < -0.3 is 10.1 Å². The van der Waals surface area contributed by atoms with Crippen molar-refractivity contribution in [1.82, 2.24) is 4.98 Å². The first-order chi connectivity index (χ1) is 9.19. The summed E-state index contributed by atoms with van der Waals surface area (Å²) in [6.07, 6.45) is 1.22. The molecule has 1 aromatic carbocycles. The first-order valence-corrected chi connectivity index (χ1v) is 5.79. The fourth-order valence-electron chi connectivity index (χ4n) is 1.52. The van der Waals surface area contributed by atoms with Crippen molar-refractivity contribution in [2.45, 2.75) is 6.92 Å². The molecule has 0 atom stereocenters. The van der Waals surface area contributed by atoms with E-state index in [2.05, 4.69) is 10.3 Å². The summed E-state index contributed by atoms with van der Waals surface area (Å²) in [7, 11) is 0. The summed E-state index contributed by atoms with van der Waals surface area (Å²) in [5, 5.41) is 13.6. The van der Waals surface area contributed by atoms with Crippen molar-refractivity contribution in [1.29, 1.82) is 0 Å². The van der Waals surface area contributed by atoms with Crippen molar-refractivity contribution in [2.24, 2.45) is 0 Å². The number of nitrogens with one attached hydrogen (secondary N) is 1. The summed E-state index contributed by atoms with van der Waals surface area (Å²) in [5.74, 6) is 1.35. The van der Waals surface area contributed by atoms with E-state index in [1.165, 1.54) is 12.3 Å². The van der Waals surface area contributed by atoms with Gasteiger partial charge in [0.2, 0.25) is 0 Å². The summed E-state index contributed by atoms with van der Waals surface area (Å²) in [6, 6.07) is 10.4. The zero-order valence-electron chi connectivity index (χ0n) is 10.4. The third kappa shape index (κ3) is 3.41. The predicted octanol–water partition coefficient (Wildman–Crippen LogP) is 3.13. The van der Waals surface area contributed by atoms with E-state index in [1.807, 2.05) is 31.2 Å². The van der Waals surface area contributed by atoms with Gasteiger partial charge in [0.15, 0.2) is 0 Å². The molecular formula is C13H13N3O3. The highest BCUT2D eigenvalue weighted by Crippen LogP contribution is 2.20. The van der Waals surface area contributed by atoms with Gasteiger partial charge in [0.1, 0.15) is 17.8 Å². The Balaban J connectivity index is 2.06. The summed E-state index contributed by atoms with van der Waals surface area (Å²) >= 11 is 0. The Morgan fingerprint density at radius 2 is 2.00 bits per heavy atom. The van der Waals surface area contributed by atoms with E-state index in [9.17, 15) is 10.1 Å². The van der Waals surface area contributed by atoms with Gasteiger partial charge in [-0.1, -0.05) is 0 Å². The highest BCUT2D eigenvalue weighted by molar-refractivity contribution is 5.57. The van der Waals surface area contributed by atoms with Crippen LogP contribution in [-0.4, -0.2) is 16.5 Å². The molecule has 1 heterocycles. The Labute approximate surface area is 110 Å². The average Bonchev–Trinajstić information content (AvgIpc) is 2.42. The van der Waals surface area contributed by atoms with Crippen LogP contribution < -0.4 is 10.1 Å². The maximum atomic E-state index is 10.5. The molecule has 0 bridgehead atoms. The third-order valence-corrected chi connectivity index (χ3v) is 2.40. The number of nitro groups is 1. The lowest BCUT2D eigenvalue weighted by molar-refractivity contribution is -0.385. The molecular weight excluding hydrogens is 246 g/mol. The third-order valence-electron chi connectivity index (χ3n) is 2.40. The summed E-state index contributed by atoms with van der Waals surface area (Å²) in [5.41, 5.74) is 0.807.